The van der Waals surface area contributed by atoms with Crippen molar-refractivity contribution in [2.45, 2.75) is 43.9 Å². The highest BCUT2D eigenvalue weighted by Gasteiger charge is 2.48. The Labute approximate surface area is 136 Å². The Morgan fingerprint density at radius 1 is 1.50 bits per heavy atom. The summed E-state index contributed by atoms with van der Waals surface area (Å²) in [6.45, 7) is 1.88. The number of carbonyl (C=O) groups excluding carboxylic acids is 1. The normalized spacial score (nSPS) is 32.3. The van der Waals surface area contributed by atoms with Crippen LogP contribution < -0.4 is 22.3 Å². The lowest BCUT2D eigenvalue weighted by Crippen LogP contribution is -2.60. The Morgan fingerprint density at radius 2 is 2.25 bits per heavy atom. The summed E-state index contributed by atoms with van der Waals surface area (Å²) >= 11 is 0. The number of hydrogen-bond donors (Lipinski definition) is 3. The van der Waals surface area contributed by atoms with E-state index in [4.69, 9.17) is 19.9 Å². The molecule has 0 spiro atoms. The second kappa shape index (κ2) is 6.38. The highest BCUT2D eigenvalue weighted by Crippen LogP contribution is 2.35. The van der Waals surface area contributed by atoms with E-state index < -0.39 is 41.8 Å². The Hall–Kier alpha value is -2.17. The molecule has 2 aliphatic heterocycles. The molecule has 3 rings (SSSR count). The van der Waals surface area contributed by atoms with Crippen LogP contribution in [0.15, 0.2) is 15.8 Å². The number of methoxy groups -OCH3 is 1. The van der Waals surface area contributed by atoms with Gasteiger partial charge in [0.15, 0.2) is 0 Å². The first-order valence-electron chi connectivity index (χ1n) is 7.58. The number of urea groups is 1. The average molecular weight is 340 g/mol. The van der Waals surface area contributed by atoms with Crippen LogP contribution in [0.4, 0.5) is 4.79 Å². The van der Waals surface area contributed by atoms with E-state index in [0.29, 0.717) is 12.0 Å². The summed E-state index contributed by atoms with van der Waals surface area (Å²) in [4.78, 5) is 37.1. The summed E-state index contributed by atoms with van der Waals surface area (Å²) in [6.07, 6.45) is -0.00297. The van der Waals surface area contributed by atoms with Gasteiger partial charge in [0.25, 0.3) is 5.56 Å². The van der Waals surface area contributed by atoms with Gasteiger partial charge in [0.05, 0.1) is 18.8 Å². The molecular weight excluding hydrogens is 320 g/mol. The maximum Gasteiger partial charge on any atom is 0.330 e. The average Bonchev–Trinajstić information content (AvgIpc) is 2.95. The molecule has 0 saturated carbocycles. The van der Waals surface area contributed by atoms with Crippen LogP contribution in [0.5, 0.6) is 0 Å². The number of hydrogen-bond acceptors (Lipinski definition) is 6. The number of aryl methyl sites for hydroxylation is 1. The van der Waals surface area contributed by atoms with Crippen LogP contribution in [0.3, 0.4) is 0 Å². The first kappa shape index (κ1) is 16.7. The topological polar surface area (TPSA) is 138 Å². The van der Waals surface area contributed by atoms with E-state index in [1.807, 2.05) is 0 Å². The second-order valence-electron chi connectivity index (χ2n) is 5.95. The van der Waals surface area contributed by atoms with Gasteiger partial charge in [-0.25, -0.2) is 9.59 Å². The zero-order valence-electron chi connectivity index (χ0n) is 13.4. The van der Waals surface area contributed by atoms with Crippen LogP contribution in [0.2, 0.25) is 0 Å². The molecule has 10 heteroatoms. The molecule has 4 N–H and O–H groups in total. The first-order chi connectivity index (χ1) is 11.4. The largest absolute Gasteiger partial charge is 0.377 e. The smallest absolute Gasteiger partial charge is 0.330 e. The zero-order valence-corrected chi connectivity index (χ0v) is 13.4. The number of primary amides is 1. The lowest BCUT2D eigenvalue weighted by atomic mass is 9.97. The van der Waals surface area contributed by atoms with E-state index in [9.17, 15) is 14.4 Å². The summed E-state index contributed by atoms with van der Waals surface area (Å²) < 4.78 is 18.3. The van der Waals surface area contributed by atoms with Gasteiger partial charge in [0.1, 0.15) is 18.4 Å². The van der Waals surface area contributed by atoms with Crippen molar-refractivity contribution in [2.75, 3.05) is 13.7 Å². The van der Waals surface area contributed by atoms with Crippen molar-refractivity contribution < 1.29 is 19.0 Å². The molecule has 1 aromatic heterocycles. The minimum atomic E-state index is -0.688. The zero-order chi connectivity index (χ0) is 17.4. The van der Waals surface area contributed by atoms with Gasteiger partial charge >= 0.3 is 11.7 Å². The van der Waals surface area contributed by atoms with E-state index in [-0.39, 0.29) is 12.7 Å². The third-order valence-corrected chi connectivity index (χ3v) is 4.41. The fourth-order valence-electron chi connectivity index (χ4n) is 3.20. The van der Waals surface area contributed by atoms with Crippen molar-refractivity contribution in [3.05, 3.63) is 32.6 Å². The van der Waals surface area contributed by atoms with E-state index >= 15 is 0 Å². The fraction of sp³-hybridized carbons (Fsp3) is 0.643. The number of ether oxygens (including phenoxy) is 3. The summed E-state index contributed by atoms with van der Waals surface area (Å²) in [6, 6.07) is -1.18. The minimum Gasteiger partial charge on any atom is -0.377 e. The van der Waals surface area contributed by atoms with Gasteiger partial charge < -0.3 is 25.3 Å². The predicted molar refractivity (Wildman–Crippen MR) is 81.6 cm³/mol. The molecule has 2 aliphatic rings. The third-order valence-electron chi connectivity index (χ3n) is 4.41. The Morgan fingerprint density at radius 3 is 2.92 bits per heavy atom. The molecule has 3 heterocycles. The summed E-state index contributed by atoms with van der Waals surface area (Å²) in [5, 5.41) is 2.62. The van der Waals surface area contributed by atoms with Gasteiger partial charge in [-0.3, -0.25) is 14.3 Å². The molecule has 10 nitrogen and oxygen atoms in total. The van der Waals surface area contributed by atoms with Crippen LogP contribution in [0.1, 0.15) is 18.2 Å². The van der Waals surface area contributed by atoms with Crippen LogP contribution in [-0.4, -0.2) is 53.7 Å². The summed E-state index contributed by atoms with van der Waals surface area (Å²) in [5.41, 5.74) is 4.64. The van der Waals surface area contributed by atoms with Crippen molar-refractivity contribution in [1.82, 2.24) is 14.9 Å². The maximum absolute atomic E-state index is 12.0. The first-order valence-corrected chi connectivity index (χ1v) is 7.58. The summed E-state index contributed by atoms with van der Waals surface area (Å²) in [5.74, 6) is 0. The second-order valence-corrected chi connectivity index (χ2v) is 5.95. The maximum atomic E-state index is 12.0. The van der Waals surface area contributed by atoms with E-state index in [0.717, 1.165) is 0 Å². The molecule has 2 fully saturated rings. The molecule has 0 aromatic carbocycles. The molecule has 3 unspecified atom stereocenters. The molecule has 0 bridgehead atoms. The Kier molecular flexibility index (Phi) is 4.43. The molecule has 2 saturated heterocycles. The van der Waals surface area contributed by atoms with Gasteiger partial charge in [-0.1, -0.05) is 0 Å². The lowest BCUT2D eigenvalue weighted by molar-refractivity contribution is -0.140. The van der Waals surface area contributed by atoms with Crippen LogP contribution in [0.25, 0.3) is 0 Å². The molecule has 2 amide bonds. The number of fused-ring (bicyclic) bond motifs is 1. The molecule has 1 aromatic rings. The number of H-pyrrole nitrogens is 1. The van der Waals surface area contributed by atoms with Crippen molar-refractivity contribution in [3.63, 3.8) is 0 Å². The number of nitrogens with one attached hydrogen (secondary N) is 2. The van der Waals surface area contributed by atoms with Gasteiger partial charge in [-0.15, -0.1) is 0 Å². The lowest BCUT2D eigenvalue weighted by Gasteiger charge is -2.38. The monoisotopic (exact) mass is 340 g/mol. The van der Waals surface area contributed by atoms with Crippen molar-refractivity contribution >= 4 is 6.03 Å². The predicted octanol–water partition coefficient (Wildman–Crippen LogP) is -1.42. The van der Waals surface area contributed by atoms with E-state index in [1.54, 1.807) is 6.92 Å². The standard InChI is InChI=1S/C14H20N4O6/c1-6-4-18(14(21)17-12(6)19)9-3-7-11(24-9)10(16-13(15)20)8(22-2)5-23-7/h4,7-11H,3,5H2,1-2H3,(H3,15,16,20)(H,17,19,21)/t7-,8?,9?,10+,11?/m0/s1. The van der Waals surface area contributed by atoms with Gasteiger partial charge in [-0.2, -0.15) is 0 Å². The molecule has 132 valence electrons. The quantitative estimate of drug-likeness (QED) is 0.618. The summed E-state index contributed by atoms with van der Waals surface area (Å²) in [7, 11) is 1.51. The van der Waals surface area contributed by atoms with Crippen molar-refractivity contribution in [2.24, 2.45) is 5.73 Å². The number of nitrogens with zero attached hydrogens (tertiary/aromatic N) is 1. The van der Waals surface area contributed by atoms with Crippen LogP contribution in [0, 0.1) is 6.92 Å². The SMILES string of the molecule is COC1CO[C@H]2CC(n3cc(C)c(=O)[nH]c3=O)OC2[C@@H]1NC(N)=O. The number of nitrogens with two attached hydrogens (primary N) is 1. The van der Waals surface area contributed by atoms with Crippen molar-refractivity contribution in [3.8, 4) is 0 Å². The molecule has 5 atom stereocenters. The molecule has 0 radical (unpaired) electrons. The van der Waals surface area contributed by atoms with E-state index in [2.05, 4.69) is 10.3 Å². The van der Waals surface area contributed by atoms with Gasteiger partial charge in [0, 0.05) is 25.3 Å². The minimum absolute atomic E-state index is 0.276. The fourth-order valence-corrected chi connectivity index (χ4v) is 3.20. The number of amides is 2. The van der Waals surface area contributed by atoms with E-state index in [1.165, 1.54) is 17.9 Å². The highest BCUT2D eigenvalue weighted by atomic mass is 16.6. The van der Waals surface area contributed by atoms with Crippen molar-refractivity contribution in [1.29, 1.82) is 0 Å². The van der Waals surface area contributed by atoms with Gasteiger partial charge in [0.2, 0.25) is 0 Å². The number of rotatable bonds is 3. The number of aromatic nitrogens is 2. The Bertz CT molecular complexity index is 744. The number of aromatic amines is 1. The molecule has 24 heavy (non-hydrogen) atoms. The highest BCUT2D eigenvalue weighted by molar-refractivity contribution is 5.72. The third kappa shape index (κ3) is 2.95. The van der Waals surface area contributed by atoms with Crippen LogP contribution >= 0.6 is 0 Å². The Balaban J connectivity index is 1.87. The van der Waals surface area contributed by atoms with Crippen LogP contribution in [-0.2, 0) is 14.2 Å². The molecule has 0 aliphatic carbocycles. The van der Waals surface area contributed by atoms with Gasteiger partial charge in [-0.05, 0) is 6.92 Å². The molecular formula is C14H20N4O6. The number of carbonyl (C=O) groups is 1.